The molecule has 4 unspecified atom stereocenters. The van der Waals surface area contributed by atoms with Gasteiger partial charge in [-0.05, 0) is 63.0 Å². The van der Waals surface area contributed by atoms with E-state index in [1.54, 1.807) is 0 Å². The zero-order valence-electron chi connectivity index (χ0n) is 13.2. The van der Waals surface area contributed by atoms with Crippen LogP contribution in [0.4, 0.5) is 0 Å². The van der Waals surface area contributed by atoms with Crippen molar-refractivity contribution in [3.63, 3.8) is 0 Å². The van der Waals surface area contributed by atoms with Crippen LogP contribution in [0.1, 0.15) is 50.4 Å². The summed E-state index contributed by atoms with van der Waals surface area (Å²) in [5, 5.41) is 8.20. The van der Waals surface area contributed by atoms with Crippen molar-refractivity contribution in [1.29, 1.82) is 0 Å². The average molecular weight is 275 g/mol. The molecule has 3 heteroatoms. The fourth-order valence-electron chi connectivity index (χ4n) is 4.67. The first-order valence-electron chi connectivity index (χ1n) is 8.38. The molecule has 1 heterocycles. The molecule has 2 fully saturated rings. The summed E-state index contributed by atoms with van der Waals surface area (Å²) in [4.78, 5) is 0. The predicted octanol–water partition coefficient (Wildman–Crippen LogP) is 3.08. The topological polar surface area (TPSA) is 29.9 Å². The number of aromatic nitrogens is 2. The van der Waals surface area contributed by atoms with Crippen LogP contribution in [0.3, 0.4) is 0 Å². The lowest BCUT2D eigenvalue weighted by atomic mass is 9.83. The van der Waals surface area contributed by atoms with Gasteiger partial charge in [-0.15, -0.1) is 0 Å². The lowest BCUT2D eigenvalue weighted by Gasteiger charge is -2.27. The van der Waals surface area contributed by atoms with Crippen LogP contribution in [-0.4, -0.2) is 22.4 Å². The van der Waals surface area contributed by atoms with Crippen molar-refractivity contribution in [3.05, 3.63) is 17.5 Å². The summed E-state index contributed by atoms with van der Waals surface area (Å²) < 4.78 is 2.06. The molecule has 20 heavy (non-hydrogen) atoms. The SMILES string of the molecule is CCNC(Cc1cc(C)nn1C)CC1CC2CCC1C2. The van der Waals surface area contributed by atoms with Gasteiger partial charge in [0.25, 0.3) is 0 Å². The minimum atomic E-state index is 0.624. The minimum absolute atomic E-state index is 0.624. The summed E-state index contributed by atoms with van der Waals surface area (Å²) in [6, 6.07) is 2.87. The lowest BCUT2D eigenvalue weighted by Crippen LogP contribution is -2.34. The van der Waals surface area contributed by atoms with Crippen molar-refractivity contribution < 1.29 is 0 Å². The Kier molecular flexibility index (Phi) is 4.16. The van der Waals surface area contributed by atoms with Crippen molar-refractivity contribution in [2.45, 2.75) is 58.4 Å². The van der Waals surface area contributed by atoms with Crippen molar-refractivity contribution >= 4 is 0 Å². The first-order valence-corrected chi connectivity index (χ1v) is 8.38. The van der Waals surface area contributed by atoms with Crippen LogP contribution >= 0.6 is 0 Å². The minimum Gasteiger partial charge on any atom is -0.314 e. The van der Waals surface area contributed by atoms with E-state index < -0.39 is 0 Å². The van der Waals surface area contributed by atoms with Gasteiger partial charge in [-0.2, -0.15) is 5.10 Å². The van der Waals surface area contributed by atoms with E-state index in [-0.39, 0.29) is 0 Å². The second-order valence-corrected chi connectivity index (χ2v) is 7.03. The second kappa shape index (κ2) is 5.88. The van der Waals surface area contributed by atoms with E-state index in [1.807, 2.05) is 0 Å². The van der Waals surface area contributed by atoms with Crippen LogP contribution in [0, 0.1) is 24.7 Å². The molecule has 1 aromatic rings. The fraction of sp³-hybridized carbons (Fsp3) is 0.824. The zero-order valence-corrected chi connectivity index (χ0v) is 13.2. The summed E-state index contributed by atoms with van der Waals surface area (Å²) in [6.07, 6.45) is 8.51. The van der Waals surface area contributed by atoms with Crippen molar-refractivity contribution in [3.8, 4) is 0 Å². The summed E-state index contributed by atoms with van der Waals surface area (Å²) in [5.41, 5.74) is 2.51. The van der Waals surface area contributed by atoms with E-state index in [4.69, 9.17) is 0 Å². The van der Waals surface area contributed by atoms with Crippen molar-refractivity contribution in [1.82, 2.24) is 15.1 Å². The van der Waals surface area contributed by atoms with Crippen LogP contribution in [-0.2, 0) is 13.5 Å². The van der Waals surface area contributed by atoms with Gasteiger partial charge in [-0.3, -0.25) is 4.68 Å². The third-order valence-electron chi connectivity index (χ3n) is 5.52. The molecule has 1 aromatic heterocycles. The Hall–Kier alpha value is -0.830. The number of fused-ring (bicyclic) bond motifs is 2. The van der Waals surface area contributed by atoms with Gasteiger partial charge in [0.15, 0.2) is 0 Å². The maximum absolute atomic E-state index is 4.48. The van der Waals surface area contributed by atoms with Crippen LogP contribution in [0.15, 0.2) is 6.07 Å². The van der Waals surface area contributed by atoms with E-state index in [1.165, 1.54) is 37.8 Å². The highest BCUT2D eigenvalue weighted by atomic mass is 15.3. The molecular weight excluding hydrogens is 246 g/mol. The van der Waals surface area contributed by atoms with Crippen LogP contribution in [0.25, 0.3) is 0 Å². The number of rotatable bonds is 6. The largest absolute Gasteiger partial charge is 0.314 e. The van der Waals surface area contributed by atoms with Gasteiger partial charge in [-0.1, -0.05) is 13.3 Å². The van der Waals surface area contributed by atoms with E-state index in [0.29, 0.717) is 6.04 Å². The fourth-order valence-corrected chi connectivity index (χ4v) is 4.67. The molecule has 3 rings (SSSR count). The van der Waals surface area contributed by atoms with Crippen molar-refractivity contribution in [2.75, 3.05) is 6.54 Å². The number of aryl methyl sites for hydroxylation is 2. The lowest BCUT2D eigenvalue weighted by molar-refractivity contribution is 0.276. The molecule has 112 valence electrons. The Morgan fingerprint density at radius 1 is 1.40 bits per heavy atom. The molecule has 0 aliphatic heterocycles. The molecule has 0 amide bonds. The summed E-state index contributed by atoms with van der Waals surface area (Å²) in [7, 11) is 2.07. The molecular formula is C17H29N3. The van der Waals surface area contributed by atoms with E-state index in [9.17, 15) is 0 Å². The van der Waals surface area contributed by atoms with Crippen LogP contribution in [0.5, 0.6) is 0 Å². The molecule has 2 aliphatic rings. The Morgan fingerprint density at radius 3 is 2.80 bits per heavy atom. The molecule has 3 nitrogen and oxygen atoms in total. The normalized spacial score (nSPS) is 30.1. The third kappa shape index (κ3) is 2.93. The number of hydrogen-bond acceptors (Lipinski definition) is 2. The Bertz CT molecular complexity index is 451. The van der Waals surface area contributed by atoms with E-state index in [0.717, 1.165) is 36.4 Å². The number of nitrogens with one attached hydrogen (secondary N) is 1. The molecule has 0 radical (unpaired) electrons. The molecule has 4 atom stereocenters. The molecule has 0 aromatic carbocycles. The van der Waals surface area contributed by atoms with Crippen LogP contribution in [0.2, 0.25) is 0 Å². The van der Waals surface area contributed by atoms with Gasteiger partial charge < -0.3 is 5.32 Å². The highest BCUT2D eigenvalue weighted by molar-refractivity contribution is 5.10. The van der Waals surface area contributed by atoms with Gasteiger partial charge in [0.1, 0.15) is 0 Å². The number of likely N-dealkylation sites (N-methyl/N-ethyl adjacent to an activating group) is 1. The van der Waals surface area contributed by atoms with Gasteiger partial charge >= 0.3 is 0 Å². The second-order valence-electron chi connectivity index (χ2n) is 7.03. The molecule has 2 saturated carbocycles. The zero-order chi connectivity index (χ0) is 14.1. The molecule has 2 aliphatic carbocycles. The first kappa shape index (κ1) is 14.1. The van der Waals surface area contributed by atoms with Gasteiger partial charge in [-0.25, -0.2) is 0 Å². The highest BCUT2D eigenvalue weighted by Crippen LogP contribution is 2.49. The summed E-state index contributed by atoms with van der Waals surface area (Å²) >= 11 is 0. The van der Waals surface area contributed by atoms with Gasteiger partial charge in [0, 0.05) is 25.2 Å². The van der Waals surface area contributed by atoms with Gasteiger partial charge in [0.05, 0.1) is 5.69 Å². The molecule has 0 spiro atoms. The van der Waals surface area contributed by atoms with E-state index >= 15 is 0 Å². The predicted molar refractivity (Wildman–Crippen MR) is 82.7 cm³/mol. The quantitative estimate of drug-likeness (QED) is 0.864. The summed E-state index contributed by atoms with van der Waals surface area (Å²) in [5.74, 6) is 3.08. The molecule has 1 N–H and O–H groups in total. The Balaban J connectivity index is 1.62. The van der Waals surface area contributed by atoms with E-state index in [2.05, 4.69) is 42.1 Å². The highest BCUT2D eigenvalue weighted by Gasteiger charge is 2.40. The third-order valence-corrected chi connectivity index (χ3v) is 5.52. The smallest absolute Gasteiger partial charge is 0.0596 e. The summed E-state index contributed by atoms with van der Waals surface area (Å²) in [6.45, 7) is 5.38. The maximum atomic E-state index is 4.48. The monoisotopic (exact) mass is 275 g/mol. The van der Waals surface area contributed by atoms with Gasteiger partial charge in [0.2, 0.25) is 0 Å². The Labute approximate surface area is 123 Å². The average Bonchev–Trinajstić information content (AvgIpc) is 3.06. The number of nitrogens with zero attached hydrogens (tertiary/aromatic N) is 2. The Morgan fingerprint density at radius 2 is 2.25 bits per heavy atom. The molecule has 0 saturated heterocycles. The number of hydrogen-bond donors (Lipinski definition) is 1. The van der Waals surface area contributed by atoms with Crippen molar-refractivity contribution in [2.24, 2.45) is 24.8 Å². The standard InChI is InChI=1S/C17H29N3/c1-4-18-16(11-17-7-12(2)19-20(17)3)10-15-9-13-5-6-14(15)8-13/h7,13-16,18H,4-6,8-11H2,1-3H3. The van der Waals surface area contributed by atoms with Crippen LogP contribution < -0.4 is 5.32 Å². The first-order chi connectivity index (χ1) is 9.65. The maximum Gasteiger partial charge on any atom is 0.0596 e. The molecule has 2 bridgehead atoms.